The van der Waals surface area contributed by atoms with Gasteiger partial charge in [-0.15, -0.1) is 0 Å². The molecule has 81 heavy (non-hydrogen) atoms. The van der Waals surface area contributed by atoms with E-state index in [-0.39, 0.29) is 47.9 Å². The van der Waals surface area contributed by atoms with Gasteiger partial charge in [0.15, 0.2) is 11.4 Å². The van der Waals surface area contributed by atoms with Crippen LogP contribution in [-0.4, -0.2) is 68.3 Å². The van der Waals surface area contributed by atoms with Crippen molar-refractivity contribution in [3.8, 4) is 5.75 Å². The Morgan fingerprint density at radius 1 is 0.679 bits per heavy atom. The second-order valence-corrected chi connectivity index (χ2v) is 23.8. The van der Waals surface area contributed by atoms with Gasteiger partial charge in [0.2, 0.25) is 0 Å². The Morgan fingerprint density at radius 2 is 1.27 bits per heavy atom. The average Bonchev–Trinajstić information content (AvgIpc) is 4.26. The third-order valence-corrected chi connectivity index (χ3v) is 15.4. The minimum Gasteiger partial charge on any atom is -0.508 e. The Kier molecular flexibility index (Phi) is 21.3. The number of phenolic OH excluding ortho intramolecular Hbond substituents is 1. The number of nitrogens with zero attached hydrogens (tertiary/aromatic N) is 10. The van der Waals surface area contributed by atoms with E-state index in [0.717, 1.165) is 97.3 Å². The van der Waals surface area contributed by atoms with Crippen LogP contribution < -0.4 is 4.90 Å². The third-order valence-electron chi connectivity index (χ3n) is 14.7. The highest BCUT2D eigenvalue weighted by atomic mass is 35.5. The molecule has 11 nitrogen and oxygen atoms in total. The lowest BCUT2D eigenvalue weighted by atomic mass is 9.85. The van der Waals surface area contributed by atoms with Crippen molar-refractivity contribution in [3.63, 3.8) is 0 Å². The number of halogens is 11. The number of phenols is 1. The fraction of sp³-hybridized carbons (Fsp3) is 0.593. The number of aromatic nitrogens is 8. The number of rotatable bonds is 8. The zero-order valence-electron chi connectivity index (χ0n) is 48.6. The highest BCUT2D eigenvalue weighted by molar-refractivity contribution is 6.42. The van der Waals surface area contributed by atoms with Crippen molar-refractivity contribution in [2.45, 2.75) is 215 Å². The highest BCUT2D eigenvalue weighted by Gasteiger charge is 2.46. The summed E-state index contributed by atoms with van der Waals surface area (Å²) in [5, 5.41) is 27.6. The lowest BCUT2D eigenvalue weighted by Crippen LogP contribution is -2.29. The molecule has 1 N–H and O–H groups in total. The maximum absolute atomic E-state index is 14.5. The van der Waals surface area contributed by atoms with E-state index >= 15 is 0 Å². The van der Waals surface area contributed by atoms with Gasteiger partial charge >= 0.3 is 12.4 Å². The van der Waals surface area contributed by atoms with Gasteiger partial charge in [0.25, 0.3) is 6.43 Å². The molecule has 22 heteroatoms. The summed E-state index contributed by atoms with van der Waals surface area (Å²) in [7, 11) is 0. The van der Waals surface area contributed by atoms with Gasteiger partial charge < -0.3 is 10.0 Å². The number of aromatic hydroxyl groups is 1. The maximum Gasteiger partial charge on any atom is 0.435 e. The first-order chi connectivity index (χ1) is 37.7. The molecule has 1 unspecified atom stereocenters. The summed E-state index contributed by atoms with van der Waals surface area (Å²) in [5.41, 5.74) is 4.38. The number of benzene rings is 2. The lowest BCUT2D eigenvalue weighted by molar-refractivity contribution is -0.143. The van der Waals surface area contributed by atoms with E-state index in [2.05, 4.69) is 64.5 Å². The number of fused-ring (bicyclic) bond motifs is 4. The SMILES string of the molecule is C=C1Cc2cc(Cl)c(Cl)cc2N1C(C)C.CC(C)n1cc(CN2CCCCC2)c(C(F)(F)F)n1.CC(C)n1nc(C(F)(F)F)c2c1C(C)(F)CCC2.CC(C)n1nc(C(F)F)c2c1CCCC2.Cc1nn(C(C)C)c2cc(O)ccc12. The van der Waals surface area contributed by atoms with Crippen LogP contribution in [0.1, 0.15) is 208 Å². The largest absolute Gasteiger partial charge is 0.508 e. The Bertz CT molecular complexity index is 3050. The second kappa shape index (κ2) is 26.6. The first-order valence-corrected chi connectivity index (χ1v) is 28.7. The zero-order chi connectivity index (χ0) is 60.2. The maximum atomic E-state index is 14.5. The minimum absolute atomic E-state index is 0.0124. The summed E-state index contributed by atoms with van der Waals surface area (Å²) in [5.74, 6) is 0.291. The number of hydrogen-bond acceptors (Lipinski definition) is 7. The third kappa shape index (κ3) is 15.5. The van der Waals surface area contributed by atoms with Crippen LogP contribution in [0.3, 0.4) is 0 Å². The summed E-state index contributed by atoms with van der Waals surface area (Å²) in [6.45, 7) is 29.0. The molecule has 448 valence electrons. The van der Waals surface area contributed by atoms with E-state index in [9.17, 15) is 44.6 Å². The molecular formula is C59H79Cl2F9N10O. The minimum atomic E-state index is -4.52. The van der Waals surface area contributed by atoms with Crippen molar-refractivity contribution in [2.75, 3.05) is 18.0 Å². The molecular weight excluding hydrogens is 1110 g/mol. The smallest absolute Gasteiger partial charge is 0.435 e. The van der Waals surface area contributed by atoms with Crippen LogP contribution in [0.5, 0.6) is 5.75 Å². The van der Waals surface area contributed by atoms with Crippen molar-refractivity contribution in [2.24, 2.45) is 0 Å². The topological polar surface area (TPSA) is 98.0 Å². The standard InChI is InChI=1S/C13H20F3N3.C12H13Cl2N.C12H16F4N2.C11H16F2N2.C11H14N2O/c1-10(2)19-9-11(12(17-19)13(14,15)16)8-18-6-4-3-5-7-18;1-7(2)15-8(3)4-9-5-10(13)11(14)6-12(9)15;1-7(2)18-10-8(5-4-6-11(10,3)13)9(17-18)12(14,15)16;1-7(2)15-9-6-4-3-5-8(9)10(14-15)11(12)13;1-7(2)13-11-6-9(14)4-5-10(11)8(3)12-13/h9-10H,3-8H2,1-2H3;5-7H,3-4H2,1-2H3;7H,4-6H2,1-3H3;7,11H,3-6H2,1-2H3;4-7,14H,1-3H3. The molecule has 1 atom stereocenters. The molecule has 4 aliphatic rings. The van der Waals surface area contributed by atoms with E-state index in [4.69, 9.17) is 23.2 Å². The molecule has 0 bridgehead atoms. The number of allylic oxidation sites excluding steroid dienone is 1. The van der Waals surface area contributed by atoms with Gasteiger partial charge in [0, 0.05) is 94.6 Å². The van der Waals surface area contributed by atoms with Gasteiger partial charge in [-0.3, -0.25) is 23.6 Å². The van der Waals surface area contributed by atoms with Crippen LogP contribution in [-0.2, 0) is 50.2 Å². The predicted molar refractivity (Wildman–Crippen MR) is 303 cm³/mol. The number of aryl methyl sites for hydroxylation is 1. The van der Waals surface area contributed by atoms with Crippen molar-refractivity contribution in [1.29, 1.82) is 0 Å². The van der Waals surface area contributed by atoms with Gasteiger partial charge in [-0.05, 0) is 184 Å². The van der Waals surface area contributed by atoms with Gasteiger partial charge in [-0.2, -0.15) is 46.7 Å². The van der Waals surface area contributed by atoms with Crippen LogP contribution in [0, 0.1) is 6.92 Å². The molecule has 0 saturated carbocycles. The predicted octanol–water partition coefficient (Wildman–Crippen LogP) is 17.7. The summed E-state index contributed by atoms with van der Waals surface area (Å²) < 4.78 is 124. The van der Waals surface area contributed by atoms with Crippen molar-refractivity contribution >= 4 is 39.8 Å². The molecule has 6 heterocycles. The average molecular weight is 1190 g/mol. The van der Waals surface area contributed by atoms with Crippen LogP contribution >= 0.6 is 23.2 Å². The van der Waals surface area contributed by atoms with Crippen LogP contribution in [0.15, 0.2) is 48.8 Å². The fourth-order valence-corrected chi connectivity index (χ4v) is 11.3. The summed E-state index contributed by atoms with van der Waals surface area (Å²) in [4.78, 5) is 4.29. The second-order valence-electron chi connectivity index (χ2n) is 23.0. The normalized spacial score (nSPS) is 17.4. The number of hydrogen-bond donors (Lipinski definition) is 1. The molecule has 2 aromatic carbocycles. The molecule has 0 amide bonds. The van der Waals surface area contributed by atoms with Crippen LogP contribution in [0.4, 0.5) is 45.2 Å². The molecule has 6 aromatic rings. The molecule has 1 fully saturated rings. The molecule has 2 aliphatic heterocycles. The summed E-state index contributed by atoms with van der Waals surface area (Å²) in [6, 6.07) is 9.76. The number of alkyl halides is 9. The molecule has 10 rings (SSSR count). The number of anilines is 1. The zero-order valence-corrected chi connectivity index (χ0v) is 50.1. The van der Waals surface area contributed by atoms with Crippen LogP contribution in [0.25, 0.3) is 10.9 Å². The van der Waals surface area contributed by atoms with E-state index in [1.54, 1.807) is 36.9 Å². The molecule has 1 saturated heterocycles. The molecule has 2 aliphatic carbocycles. The Morgan fingerprint density at radius 3 is 1.84 bits per heavy atom. The van der Waals surface area contributed by atoms with Gasteiger partial charge in [0.05, 0.1) is 26.9 Å². The molecule has 4 aromatic heterocycles. The van der Waals surface area contributed by atoms with Crippen molar-refractivity contribution in [1.82, 2.24) is 44.0 Å². The number of piperidine rings is 1. The Balaban J connectivity index is 0.000000164. The van der Waals surface area contributed by atoms with Crippen molar-refractivity contribution in [3.05, 3.63) is 115 Å². The summed E-state index contributed by atoms with van der Waals surface area (Å²) >= 11 is 12.0. The van der Waals surface area contributed by atoms with Crippen LogP contribution in [0.2, 0.25) is 10.0 Å². The lowest BCUT2D eigenvalue weighted by Gasteiger charge is -2.28. The van der Waals surface area contributed by atoms with Crippen molar-refractivity contribution < 1.29 is 44.6 Å². The quantitative estimate of drug-likeness (QED) is 0.152. The van der Waals surface area contributed by atoms with Gasteiger partial charge in [0.1, 0.15) is 17.1 Å². The van der Waals surface area contributed by atoms with Gasteiger partial charge in [-0.1, -0.05) is 36.2 Å². The first-order valence-electron chi connectivity index (χ1n) is 28.0. The molecule has 0 radical (unpaired) electrons. The Hall–Kier alpha value is -5.21. The molecule has 0 spiro atoms. The van der Waals surface area contributed by atoms with E-state index < -0.39 is 35.8 Å². The van der Waals surface area contributed by atoms with E-state index in [1.165, 1.54) is 28.3 Å². The first kappa shape index (κ1) is 65.0. The summed E-state index contributed by atoms with van der Waals surface area (Å²) in [6.07, 6.45) is -0.918. The van der Waals surface area contributed by atoms with E-state index in [1.807, 2.05) is 57.5 Å². The highest BCUT2D eigenvalue weighted by Crippen LogP contribution is 2.45. The van der Waals surface area contributed by atoms with E-state index in [0.29, 0.717) is 46.4 Å². The van der Waals surface area contributed by atoms with Gasteiger partial charge in [-0.25, -0.2) is 13.2 Å². The number of likely N-dealkylation sites (tertiary alicyclic amines) is 1. The monoisotopic (exact) mass is 1180 g/mol. The Labute approximate surface area is 480 Å². The fourth-order valence-electron chi connectivity index (χ4n) is 11.0.